The van der Waals surface area contributed by atoms with E-state index < -0.39 is 0 Å². The van der Waals surface area contributed by atoms with Crippen molar-refractivity contribution >= 4 is 17.7 Å². The van der Waals surface area contributed by atoms with Crippen LogP contribution in [-0.4, -0.2) is 44.8 Å². The quantitative estimate of drug-likeness (QED) is 0.199. The maximum Gasteiger partial charge on any atom is 0.115 e. The number of aryl methyl sites for hydroxylation is 2. The fraction of sp³-hybridized carbons (Fsp3) is 0.486. The van der Waals surface area contributed by atoms with E-state index >= 15 is 0 Å². The molecule has 41 heavy (non-hydrogen) atoms. The van der Waals surface area contributed by atoms with Crippen LogP contribution in [0.1, 0.15) is 76.5 Å². The van der Waals surface area contributed by atoms with Crippen molar-refractivity contribution in [1.29, 1.82) is 0 Å². The number of hydrogen-bond donors (Lipinski definition) is 4. The third kappa shape index (κ3) is 16.6. The normalized spacial score (nSPS) is 16.5. The lowest BCUT2D eigenvalue weighted by atomic mass is 10.1. The number of nitrogens with one attached hydrogen (secondary N) is 3. The summed E-state index contributed by atoms with van der Waals surface area (Å²) >= 11 is 0. The van der Waals surface area contributed by atoms with Gasteiger partial charge in [0.1, 0.15) is 5.84 Å². The molecule has 4 rings (SSSR count). The maximum atomic E-state index is 5.66. The van der Waals surface area contributed by atoms with Gasteiger partial charge in [0, 0.05) is 30.4 Å². The average Bonchev–Trinajstić information content (AvgIpc) is 3.31. The Labute approximate surface area is 250 Å². The summed E-state index contributed by atoms with van der Waals surface area (Å²) in [6.07, 6.45) is 14.9. The molecule has 5 N–H and O–H groups in total. The fourth-order valence-electron chi connectivity index (χ4n) is 4.25. The largest absolute Gasteiger partial charge is 0.403 e. The minimum Gasteiger partial charge on any atom is -0.403 e. The molecule has 226 valence electrons. The van der Waals surface area contributed by atoms with Crippen molar-refractivity contribution in [2.75, 3.05) is 32.7 Å². The van der Waals surface area contributed by atoms with Gasteiger partial charge in [0.25, 0.3) is 0 Å². The van der Waals surface area contributed by atoms with Gasteiger partial charge in [-0.1, -0.05) is 95.1 Å². The van der Waals surface area contributed by atoms with Crippen LogP contribution < -0.4 is 21.7 Å². The summed E-state index contributed by atoms with van der Waals surface area (Å²) in [7, 11) is 0. The zero-order valence-electron chi connectivity index (χ0n) is 26.3. The summed E-state index contributed by atoms with van der Waals surface area (Å²) in [5, 5.41) is 9.80. The van der Waals surface area contributed by atoms with Crippen molar-refractivity contribution < 1.29 is 0 Å². The number of nitrogens with zero attached hydrogens (tertiary/aromatic N) is 2. The summed E-state index contributed by atoms with van der Waals surface area (Å²) in [5.74, 6) is 1.56. The van der Waals surface area contributed by atoms with Crippen molar-refractivity contribution in [2.45, 2.75) is 73.1 Å². The number of amidine groups is 1. The number of aliphatic imine (C=N–C) groups is 2. The molecule has 0 spiro atoms. The van der Waals surface area contributed by atoms with Crippen LogP contribution >= 0.6 is 0 Å². The molecule has 2 aromatic rings. The zero-order valence-corrected chi connectivity index (χ0v) is 26.3. The van der Waals surface area contributed by atoms with Gasteiger partial charge in [-0.05, 0) is 69.1 Å². The van der Waals surface area contributed by atoms with Crippen LogP contribution in [0.4, 0.5) is 0 Å². The molecule has 1 saturated heterocycles. The van der Waals surface area contributed by atoms with Crippen LogP contribution in [0.25, 0.3) is 5.70 Å². The van der Waals surface area contributed by atoms with Crippen molar-refractivity contribution in [1.82, 2.24) is 16.0 Å². The molecule has 0 saturated carbocycles. The van der Waals surface area contributed by atoms with Crippen LogP contribution in [0.5, 0.6) is 0 Å². The van der Waals surface area contributed by atoms with Gasteiger partial charge in [0.05, 0.1) is 18.8 Å². The Morgan fingerprint density at radius 1 is 1.05 bits per heavy atom. The maximum absolute atomic E-state index is 5.66. The highest BCUT2D eigenvalue weighted by atomic mass is 15.0. The second kappa shape index (κ2) is 24.6. The lowest BCUT2D eigenvalue weighted by molar-refractivity contribution is 0.620. The molecule has 6 nitrogen and oxygen atoms in total. The van der Waals surface area contributed by atoms with Crippen LogP contribution in [0.2, 0.25) is 0 Å². The molecule has 1 fully saturated rings. The molecular formula is C35H56N6. The van der Waals surface area contributed by atoms with Crippen molar-refractivity contribution in [3.05, 3.63) is 89.8 Å². The first-order valence-corrected chi connectivity index (χ1v) is 15.6. The average molecular weight is 561 g/mol. The smallest absolute Gasteiger partial charge is 0.115 e. The van der Waals surface area contributed by atoms with E-state index in [9.17, 15) is 0 Å². The highest BCUT2D eigenvalue weighted by Crippen LogP contribution is 2.16. The van der Waals surface area contributed by atoms with Gasteiger partial charge in [-0.25, -0.2) is 0 Å². The van der Waals surface area contributed by atoms with Gasteiger partial charge in [0.2, 0.25) is 0 Å². The standard InChI is InChI=1S/C15H21N3.C10H14.C8H15N3.C2H6/c16-10-15(14-7-2-1-3-8-14)18-12-13-6-4-5-9-17-11-13;1-3-6-10-8-5-4-7-9(10)2;1-2-4-9-7-8-10-5-3-6-11-8;1-2/h1-3,7-8,10,12-13,17H,4-6,9,11,16H2;4-5,7-8H,3,6H2,1-2H3;3,5,9H,2,4,6-7H2,1H3,(H,10,11);1-2H3/b15-10-,18-12?;;;. The van der Waals surface area contributed by atoms with Gasteiger partial charge in [0.15, 0.2) is 0 Å². The van der Waals surface area contributed by atoms with Crippen LogP contribution in [-0.2, 0) is 6.42 Å². The Morgan fingerprint density at radius 3 is 2.46 bits per heavy atom. The molecule has 0 aromatic heterocycles. The molecular weight excluding hydrogens is 504 g/mol. The predicted molar refractivity (Wildman–Crippen MR) is 182 cm³/mol. The van der Waals surface area contributed by atoms with Crippen LogP contribution in [0.15, 0.2) is 83.1 Å². The monoisotopic (exact) mass is 560 g/mol. The third-order valence-corrected chi connectivity index (χ3v) is 6.49. The minimum absolute atomic E-state index is 0.520. The second-order valence-corrected chi connectivity index (χ2v) is 9.84. The zero-order chi connectivity index (χ0) is 30.0. The first-order valence-electron chi connectivity index (χ1n) is 15.6. The SMILES string of the molecule is CC.CCCNCC1=NCC=CN1.CCCc1ccccc1C.N/C=C(\N=CC1CCCCNC1)c1ccccc1. The Balaban J connectivity index is 0.000000316. The molecule has 0 bridgehead atoms. The van der Waals surface area contributed by atoms with Crippen LogP contribution in [0, 0.1) is 12.8 Å². The van der Waals surface area contributed by atoms with E-state index in [0.717, 1.165) is 49.8 Å². The topological polar surface area (TPSA) is 86.8 Å². The van der Waals surface area contributed by atoms with Gasteiger partial charge in [-0.3, -0.25) is 9.98 Å². The summed E-state index contributed by atoms with van der Waals surface area (Å²) < 4.78 is 0. The number of rotatable bonds is 9. The molecule has 0 radical (unpaired) electrons. The van der Waals surface area contributed by atoms with E-state index in [-0.39, 0.29) is 0 Å². The Kier molecular flexibility index (Phi) is 21.5. The highest BCUT2D eigenvalue weighted by Gasteiger charge is 2.09. The van der Waals surface area contributed by atoms with E-state index in [1.54, 1.807) is 6.20 Å². The van der Waals surface area contributed by atoms with Crippen LogP contribution in [0.3, 0.4) is 0 Å². The van der Waals surface area contributed by atoms with E-state index in [0.29, 0.717) is 5.92 Å². The summed E-state index contributed by atoms with van der Waals surface area (Å²) in [6.45, 7) is 15.4. The molecule has 6 heteroatoms. The van der Waals surface area contributed by atoms with E-state index in [2.05, 4.69) is 71.0 Å². The first-order chi connectivity index (χ1) is 20.2. The molecule has 2 aliphatic rings. The number of hydrogen-bond acceptors (Lipinski definition) is 6. The van der Waals surface area contributed by atoms with Crippen molar-refractivity contribution in [2.24, 2.45) is 21.6 Å². The van der Waals surface area contributed by atoms with E-state index in [4.69, 9.17) is 5.73 Å². The highest BCUT2D eigenvalue weighted by molar-refractivity contribution is 5.85. The molecule has 0 aliphatic carbocycles. The lowest BCUT2D eigenvalue weighted by Gasteiger charge is -2.09. The first kappa shape index (κ1) is 35.8. The molecule has 0 amide bonds. The second-order valence-electron chi connectivity index (χ2n) is 9.84. The molecule has 2 aliphatic heterocycles. The van der Waals surface area contributed by atoms with Gasteiger partial charge in [-0.2, -0.15) is 0 Å². The van der Waals surface area contributed by atoms with Crippen molar-refractivity contribution in [3.8, 4) is 0 Å². The Hall–Kier alpha value is -3.22. The fourth-order valence-corrected chi connectivity index (χ4v) is 4.25. The third-order valence-electron chi connectivity index (χ3n) is 6.49. The predicted octanol–water partition coefficient (Wildman–Crippen LogP) is 6.88. The summed E-state index contributed by atoms with van der Waals surface area (Å²) in [6, 6.07) is 18.6. The summed E-state index contributed by atoms with van der Waals surface area (Å²) in [4.78, 5) is 8.81. The van der Waals surface area contributed by atoms with E-state index in [1.807, 2.05) is 62.7 Å². The summed E-state index contributed by atoms with van der Waals surface area (Å²) in [5.41, 5.74) is 10.5. The molecule has 1 unspecified atom stereocenters. The van der Waals surface area contributed by atoms with Gasteiger partial charge in [-0.15, -0.1) is 0 Å². The molecule has 2 aromatic carbocycles. The van der Waals surface area contributed by atoms with E-state index in [1.165, 1.54) is 49.7 Å². The lowest BCUT2D eigenvalue weighted by Crippen LogP contribution is -2.33. The minimum atomic E-state index is 0.520. The van der Waals surface area contributed by atoms with Crippen molar-refractivity contribution in [3.63, 3.8) is 0 Å². The van der Waals surface area contributed by atoms with Gasteiger partial charge >= 0.3 is 0 Å². The Bertz CT molecular complexity index is 1020. The van der Waals surface area contributed by atoms with Gasteiger partial charge < -0.3 is 21.7 Å². The molecule has 1 atom stereocenters. The number of nitrogens with two attached hydrogens (primary N) is 1. The number of benzene rings is 2. The Morgan fingerprint density at radius 2 is 1.80 bits per heavy atom. The molecule has 2 heterocycles.